The molecule has 0 aliphatic carbocycles. The van der Waals surface area contributed by atoms with Gasteiger partial charge < -0.3 is 9.88 Å². The van der Waals surface area contributed by atoms with Crippen molar-refractivity contribution in [3.8, 4) is 0 Å². The number of amides is 1. The Morgan fingerprint density at radius 1 is 1.25 bits per heavy atom. The van der Waals surface area contributed by atoms with Crippen LogP contribution in [0.2, 0.25) is 0 Å². The molecule has 0 fully saturated rings. The Hall–Kier alpha value is -2.47. The van der Waals surface area contributed by atoms with E-state index in [1.54, 1.807) is 6.92 Å². The zero-order valence-electron chi connectivity index (χ0n) is 13.5. The fourth-order valence-electron chi connectivity index (χ4n) is 3.27. The van der Waals surface area contributed by atoms with Crippen LogP contribution in [0.3, 0.4) is 0 Å². The van der Waals surface area contributed by atoms with Crippen LogP contribution < -0.4 is 5.56 Å². The molecule has 1 aliphatic heterocycles. The maximum Gasteiger partial charge on any atom is 0.264 e. The van der Waals surface area contributed by atoms with E-state index in [0.717, 1.165) is 12.0 Å². The maximum absolute atomic E-state index is 13.0. The van der Waals surface area contributed by atoms with Gasteiger partial charge in [-0.05, 0) is 37.0 Å². The topological polar surface area (TPSA) is 66.1 Å². The minimum Gasteiger partial charge on any atom is -0.333 e. The molecule has 122 valence electrons. The summed E-state index contributed by atoms with van der Waals surface area (Å²) in [6, 6.07) is 8.23. The Morgan fingerprint density at radius 2 is 2.00 bits per heavy atom. The number of aromatic amines is 1. The Labute approximate surface area is 143 Å². The predicted molar refractivity (Wildman–Crippen MR) is 94.6 cm³/mol. The van der Waals surface area contributed by atoms with Gasteiger partial charge >= 0.3 is 0 Å². The molecule has 3 aromatic rings. The third-order valence-electron chi connectivity index (χ3n) is 4.53. The van der Waals surface area contributed by atoms with Crippen molar-refractivity contribution in [2.24, 2.45) is 0 Å². The monoisotopic (exact) mass is 339 g/mol. The first kappa shape index (κ1) is 15.1. The lowest BCUT2D eigenvalue weighted by molar-refractivity contribution is 0.0739. The molecule has 24 heavy (non-hydrogen) atoms. The van der Waals surface area contributed by atoms with Gasteiger partial charge in [-0.1, -0.05) is 24.3 Å². The number of fused-ring (bicyclic) bond motifs is 2. The van der Waals surface area contributed by atoms with Crippen molar-refractivity contribution in [1.29, 1.82) is 0 Å². The lowest BCUT2D eigenvalue weighted by atomic mass is 9.99. The lowest BCUT2D eigenvalue weighted by Gasteiger charge is -2.28. The SMILES string of the molecule is Cc1nc2sc(C(=O)N3CCc4ccccc4C3)c(C)c2c(=O)[nH]1. The van der Waals surface area contributed by atoms with Gasteiger partial charge in [0, 0.05) is 13.1 Å². The average Bonchev–Trinajstić information content (AvgIpc) is 2.90. The van der Waals surface area contributed by atoms with Crippen molar-refractivity contribution in [2.75, 3.05) is 6.54 Å². The first-order valence-electron chi connectivity index (χ1n) is 7.90. The predicted octanol–water partition coefficient (Wildman–Crippen LogP) is 2.80. The Kier molecular flexibility index (Phi) is 3.49. The minimum absolute atomic E-state index is 0.0120. The van der Waals surface area contributed by atoms with Gasteiger partial charge in [-0.15, -0.1) is 11.3 Å². The Morgan fingerprint density at radius 3 is 2.79 bits per heavy atom. The number of benzene rings is 1. The van der Waals surface area contributed by atoms with Crippen molar-refractivity contribution >= 4 is 27.5 Å². The second kappa shape index (κ2) is 5.56. The Bertz CT molecular complexity index is 1020. The summed E-state index contributed by atoms with van der Waals surface area (Å²) in [7, 11) is 0. The number of H-pyrrole nitrogens is 1. The largest absolute Gasteiger partial charge is 0.333 e. The van der Waals surface area contributed by atoms with E-state index in [1.807, 2.05) is 24.0 Å². The van der Waals surface area contributed by atoms with E-state index in [4.69, 9.17) is 0 Å². The normalized spacial score (nSPS) is 14.0. The van der Waals surface area contributed by atoms with Crippen LogP contribution in [0.5, 0.6) is 0 Å². The van der Waals surface area contributed by atoms with Gasteiger partial charge in [-0.2, -0.15) is 0 Å². The van der Waals surface area contributed by atoms with Crippen molar-refractivity contribution < 1.29 is 4.79 Å². The van der Waals surface area contributed by atoms with Gasteiger partial charge in [-0.25, -0.2) is 4.98 Å². The van der Waals surface area contributed by atoms with E-state index >= 15 is 0 Å². The van der Waals surface area contributed by atoms with Crippen LogP contribution in [-0.4, -0.2) is 27.3 Å². The van der Waals surface area contributed by atoms with Crippen molar-refractivity contribution in [3.63, 3.8) is 0 Å². The highest BCUT2D eigenvalue weighted by atomic mass is 32.1. The van der Waals surface area contributed by atoms with Crippen molar-refractivity contribution in [1.82, 2.24) is 14.9 Å². The fourth-order valence-corrected chi connectivity index (χ4v) is 4.46. The van der Waals surface area contributed by atoms with Gasteiger partial charge in [0.2, 0.25) is 0 Å². The summed E-state index contributed by atoms with van der Waals surface area (Å²) in [6.07, 6.45) is 0.865. The number of hydrogen-bond donors (Lipinski definition) is 1. The van der Waals surface area contributed by atoms with E-state index in [9.17, 15) is 9.59 Å². The number of thiophene rings is 1. The molecule has 0 radical (unpaired) electrons. The van der Waals surface area contributed by atoms with E-state index in [1.165, 1.54) is 22.5 Å². The molecule has 0 spiro atoms. The van der Waals surface area contributed by atoms with Gasteiger partial charge in [0.15, 0.2) is 0 Å². The summed E-state index contributed by atoms with van der Waals surface area (Å²) < 4.78 is 0. The van der Waals surface area contributed by atoms with E-state index in [2.05, 4.69) is 22.1 Å². The van der Waals surface area contributed by atoms with Gasteiger partial charge in [0.1, 0.15) is 10.7 Å². The second-order valence-corrected chi connectivity index (χ2v) is 7.13. The van der Waals surface area contributed by atoms with Crippen LogP contribution in [0.4, 0.5) is 0 Å². The van der Waals surface area contributed by atoms with Crippen LogP contribution in [-0.2, 0) is 13.0 Å². The molecule has 1 N–H and O–H groups in total. The molecule has 0 unspecified atom stereocenters. The third kappa shape index (κ3) is 2.34. The summed E-state index contributed by atoms with van der Waals surface area (Å²) in [5.41, 5.74) is 3.06. The highest BCUT2D eigenvalue weighted by Gasteiger charge is 2.26. The van der Waals surface area contributed by atoms with Crippen LogP contribution in [0.15, 0.2) is 29.1 Å². The zero-order chi connectivity index (χ0) is 16.8. The zero-order valence-corrected chi connectivity index (χ0v) is 14.4. The summed E-state index contributed by atoms with van der Waals surface area (Å²) in [5.74, 6) is 0.557. The molecule has 0 saturated heterocycles. The fraction of sp³-hybridized carbons (Fsp3) is 0.278. The first-order valence-corrected chi connectivity index (χ1v) is 8.72. The van der Waals surface area contributed by atoms with Gasteiger partial charge in [-0.3, -0.25) is 9.59 Å². The number of aromatic nitrogens is 2. The maximum atomic E-state index is 13.0. The third-order valence-corrected chi connectivity index (χ3v) is 5.70. The highest BCUT2D eigenvalue weighted by molar-refractivity contribution is 7.20. The summed E-state index contributed by atoms with van der Waals surface area (Å²) in [5, 5.41) is 0.534. The van der Waals surface area contributed by atoms with E-state index in [-0.39, 0.29) is 11.5 Å². The number of aryl methyl sites for hydroxylation is 2. The molecule has 5 nitrogen and oxygen atoms in total. The standard InChI is InChI=1S/C18H17N3O2S/c1-10-14-16(22)19-11(2)20-17(14)24-15(10)18(23)21-8-7-12-5-3-4-6-13(12)9-21/h3-6H,7-9H2,1-2H3,(H,19,20,22). The number of nitrogens with one attached hydrogen (secondary N) is 1. The highest BCUT2D eigenvalue weighted by Crippen LogP contribution is 2.29. The summed E-state index contributed by atoms with van der Waals surface area (Å²) in [4.78, 5) is 35.4. The number of carbonyl (C=O) groups excluding carboxylic acids is 1. The molecule has 1 amide bonds. The summed E-state index contributed by atoms with van der Waals surface area (Å²) in [6.45, 7) is 4.90. The summed E-state index contributed by atoms with van der Waals surface area (Å²) >= 11 is 1.31. The molecule has 1 aromatic carbocycles. The average molecular weight is 339 g/mol. The first-order chi connectivity index (χ1) is 11.5. The van der Waals surface area contributed by atoms with Crippen LogP contribution in [0.25, 0.3) is 10.2 Å². The van der Waals surface area contributed by atoms with E-state index in [0.29, 0.717) is 34.0 Å². The number of carbonyl (C=O) groups is 1. The molecular formula is C18H17N3O2S. The van der Waals surface area contributed by atoms with Crippen LogP contribution in [0.1, 0.15) is 32.2 Å². The minimum atomic E-state index is -0.172. The van der Waals surface area contributed by atoms with Crippen molar-refractivity contribution in [2.45, 2.75) is 26.8 Å². The molecule has 0 bridgehead atoms. The molecule has 1 aliphatic rings. The van der Waals surface area contributed by atoms with Crippen LogP contribution >= 0.6 is 11.3 Å². The van der Waals surface area contributed by atoms with Crippen LogP contribution in [0, 0.1) is 13.8 Å². The smallest absolute Gasteiger partial charge is 0.264 e. The molecule has 0 atom stereocenters. The van der Waals surface area contributed by atoms with Gasteiger partial charge in [0.05, 0.1) is 10.3 Å². The lowest BCUT2D eigenvalue weighted by Crippen LogP contribution is -2.35. The number of rotatable bonds is 1. The second-order valence-electron chi connectivity index (χ2n) is 6.13. The molecule has 4 rings (SSSR count). The molecule has 2 aromatic heterocycles. The van der Waals surface area contributed by atoms with Crippen molar-refractivity contribution in [3.05, 3.63) is 62.0 Å². The molecule has 3 heterocycles. The van der Waals surface area contributed by atoms with E-state index < -0.39 is 0 Å². The molecule has 6 heteroatoms. The Balaban J connectivity index is 1.73. The van der Waals surface area contributed by atoms with Gasteiger partial charge in [0.25, 0.3) is 11.5 Å². The quantitative estimate of drug-likeness (QED) is 0.741. The molecule has 0 saturated carbocycles. The number of hydrogen-bond acceptors (Lipinski definition) is 4. The number of nitrogens with zero attached hydrogens (tertiary/aromatic N) is 2. The molecular weight excluding hydrogens is 322 g/mol.